The highest BCUT2D eigenvalue weighted by Crippen LogP contribution is 2.41. The molecule has 0 unspecified atom stereocenters. The number of fused-ring (bicyclic) bond motifs is 1. The summed E-state index contributed by atoms with van der Waals surface area (Å²) in [7, 11) is -3.21. The minimum atomic E-state index is -2.07. The summed E-state index contributed by atoms with van der Waals surface area (Å²) in [5, 5.41) is 9.55. The van der Waals surface area contributed by atoms with Gasteiger partial charge in [0.25, 0.3) is 0 Å². The van der Waals surface area contributed by atoms with E-state index in [1.54, 1.807) is 6.07 Å². The maximum absolute atomic E-state index is 6.52. The molecule has 0 fully saturated rings. The van der Waals surface area contributed by atoms with Gasteiger partial charge in [-0.05, 0) is 30.2 Å². The smallest absolute Gasteiger partial charge is 0.250 e. The lowest BCUT2D eigenvalue weighted by molar-refractivity contribution is 0.0816. The molecule has 2 heterocycles. The van der Waals surface area contributed by atoms with Crippen molar-refractivity contribution < 1.29 is 18.4 Å². The van der Waals surface area contributed by atoms with Crippen molar-refractivity contribution in [1.82, 2.24) is 14.9 Å². The normalized spacial score (nSPS) is 12.8. The first-order valence-corrected chi connectivity index (χ1v) is 18.4. The second kappa shape index (κ2) is 10.1. The third kappa shape index (κ3) is 6.61. The number of hydrogen-bond acceptors (Lipinski definition) is 6. The molecule has 0 spiro atoms. The Morgan fingerprint density at radius 1 is 1.15 bits per heavy atom. The van der Waals surface area contributed by atoms with Gasteiger partial charge >= 0.3 is 0 Å². The van der Waals surface area contributed by atoms with E-state index in [0.717, 1.165) is 29.1 Å². The number of benzene rings is 1. The van der Waals surface area contributed by atoms with Gasteiger partial charge in [-0.1, -0.05) is 52.1 Å². The molecule has 0 saturated heterocycles. The maximum Gasteiger partial charge on any atom is 0.250 e. The number of rotatable bonds is 11. The lowest BCUT2D eigenvalue weighted by Gasteiger charge is -2.37. The zero-order chi connectivity index (χ0) is 25.1. The predicted molar refractivity (Wildman–Crippen MR) is 142 cm³/mol. The lowest BCUT2D eigenvalue weighted by atomic mass is 10.1. The molecule has 0 aliphatic carbocycles. The van der Waals surface area contributed by atoms with E-state index in [-0.39, 0.29) is 11.6 Å². The SMILES string of the molecule is C=C(O[Si](C)(C)C(C)(C)C)c1cc2cnn(COCC[Si](C)(C)C)c2cc1OCc1ccon1. The van der Waals surface area contributed by atoms with Crippen LogP contribution in [0.15, 0.2) is 41.8 Å². The van der Waals surface area contributed by atoms with Crippen molar-refractivity contribution in [2.45, 2.75) is 77.9 Å². The van der Waals surface area contributed by atoms with Crippen LogP contribution in [0.3, 0.4) is 0 Å². The standard InChI is InChI=1S/C25H39N3O4Si2/c1-19(32-34(8,9)25(2,3)4)22-14-20-16-26-28(18-29-12-13-33(5,6)7)23(20)15-24(22)30-17-21-10-11-31-27-21/h10-11,14-16H,1,12-13,17-18H2,2-9H3. The Labute approximate surface area is 205 Å². The van der Waals surface area contributed by atoms with E-state index in [9.17, 15) is 0 Å². The van der Waals surface area contributed by atoms with Gasteiger partial charge in [-0.2, -0.15) is 5.10 Å². The fourth-order valence-electron chi connectivity index (χ4n) is 3.06. The Balaban J connectivity index is 1.88. The fourth-order valence-corrected chi connectivity index (χ4v) is 4.85. The minimum absolute atomic E-state index is 0.0555. The third-order valence-corrected chi connectivity index (χ3v) is 12.4. The van der Waals surface area contributed by atoms with Crippen molar-refractivity contribution >= 4 is 33.1 Å². The number of ether oxygens (including phenoxy) is 2. The zero-order valence-corrected chi connectivity index (χ0v) is 23.9. The molecule has 3 aromatic rings. The van der Waals surface area contributed by atoms with E-state index in [2.05, 4.69) is 70.3 Å². The molecule has 7 nitrogen and oxygen atoms in total. The monoisotopic (exact) mass is 501 g/mol. The van der Waals surface area contributed by atoms with Crippen LogP contribution < -0.4 is 4.74 Å². The third-order valence-electron chi connectivity index (χ3n) is 6.30. The first kappa shape index (κ1) is 26.2. The highest BCUT2D eigenvalue weighted by molar-refractivity contribution is 6.76. The predicted octanol–water partition coefficient (Wildman–Crippen LogP) is 6.91. The van der Waals surface area contributed by atoms with E-state index in [1.165, 1.54) is 6.26 Å². The van der Waals surface area contributed by atoms with Crippen molar-refractivity contribution in [1.29, 1.82) is 0 Å². The Morgan fingerprint density at radius 3 is 2.50 bits per heavy atom. The largest absolute Gasteiger partial charge is 0.543 e. The zero-order valence-electron chi connectivity index (χ0n) is 21.9. The van der Waals surface area contributed by atoms with Gasteiger partial charge in [0.1, 0.15) is 36.8 Å². The molecule has 0 amide bonds. The van der Waals surface area contributed by atoms with E-state index >= 15 is 0 Å². The molecule has 0 N–H and O–H groups in total. The van der Waals surface area contributed by atoms with Crippen LogP contribution in [0.2, 0.25) is 43.8 Å². The number of aromatic nitrogens is 3. The second-order valence-corrected chi connectivity index (χ2v) is 21.8. The van der Waals surface area contributed by atoms with Crippen molar-refractivity contribution in [3.05, 3.63) is 48.5 Å². The molecular formula is C25H39N3O4Si2. The van der Waals surface area contributed by atoms with Gasteiger partial charge in [0, 0.05) is 32.2 Å². The van der Waals surface area contributed by atoms with Gasteiger partial charge in [0.05, 0.1) is 17.3 Å². The number of hydrogen-bond donors (Lipinski definition) is 0. The molecule has 186 valence electrons. The average Bonchev–Trinajstić information content (AvgIpc) is 3.36. The van der Waals surface area contributed by atoms with Gasteiger partial charge in [-0.25, -0.2) is 4.68 Å². The first-order chi connectivity index (χ1) is 15.8. The average molecular weight is 502 g/mol. The van der Waals surface area contributed by atoms with E-state index < -0.39 is 16.4 Å². The van der Waals surface area contributed by atoms with E-state index in [1.807, 2.05) is 23.0 Å². The van der Waals surface area contributed by atoms with Crippen LogP contribution >= 0.6 is 0 Å². The van der Waals surface area contributed by atoms with Crippen LogP contribution in [-0.4, -0.2) is 37.9 Å². The summed E-state index contributed by atoms with van der Waals surface area (Å²) in [5.41, 5.74) is 2.47. The summed E-state index contributed by atoms with van der Waals surface area (Å²) in [5.74, 6) is 1.28. The van der Waals surface area contributed by atoms with Gasteiger partial charge in [0.2, 0.25) is 8.32 Å². The van der Waals surface area contributed by atoms with E-state index in [4.69, 9.17) is 18.4 Å². The summed E-state index contributed by atoms with van der Waals surface area (Å²) < 4.78 is 25.4. The summed E-state index contributed by atoms with van der Waals surface area (Å²) in [6.45, 7) is 23.8. The maximum atomic E-state index is 6.52. The molecule has 0 aliphatic rings. The van der Waals surface area contributed by atoms with Crippen LogP contribution in [-0.2, 0) is 22.5 Å². The van der Waals surface area contributed by atoms with Crippen LogP contribution in [0.5, 0.6) is 5.75 Å². The van der Waals surface area contributed by atoms with Crippen molar-refractivity contribution in [2.24, 2.45) is 0 Å². The summed E-state index contributed by atoms with van der Waals surface area (Å²) in [6.07, 6.45) is 3.39. The summed E-state index contributed by atoms with van der Waals surface area (Å²) in [6, 6.07) is 6.93. The Morgan fingerprint density at radius 2 is 1.88 bits per heavy atom. The van der Waals surface area contributed by atoms with Gasteiger partial charge in [-0.3, -0.25) is 0 Å². The topological polar surface area (TPSA) is 71.5 Å². The quantitative estimate of drug-likeness (QED) is 0.161. The molecule has 0 atom stereocenters. The Hall–Kier alpha value is -2.37. The highest BCUT2D eigenvalue weighted by Gasteiger charge is 2.39. The Bertz CT molecular complexity index is 1110. The molecule has 9 heteroatoms. The summed E-state index contributed by atoms with van der Waals surface area (Å²) in [4.78, 5) is 0. The molecule has 0 radical (unpaired) electrons. The van der Waals surface area contributed by atoms with Gasteiger partial charge in [0.15, 0.2) is 0 Å². The molecule has 3 rings (SSSR count). The highest BCUT2D eigenvalue weighted by atomic mass is 28.4. The Kier molecular flexibility index (Phi) is 7.79. The molecule has 34 heavy (non-hydrogen) atoms. The van der Waals surface area contributed by atoms with Crippen LogP contribution in [0.25, 0.3) is 16.7 Å². The molecule has 2 aromatic heterocycles. The van der Waals surface area contributed by atoms with Crippen LogP contribution in [0.1, 0.15) is 32.0 Å². The molecule has 0 bridgehead atoms. The van der Waals surface area contributed by atoms with Crippen LogP contribution in [0.4, 0.5) is 0 Å². The fraction of sp³-hybridized carbons (Fsp3) is 0.520. The first-order valence-electron chi connectivity index (χ1n) is 11.7. The minimum Gasteiger partial charge on any atom is -0.543 e. The lowest BCUT2D eigenvalue weighted by Crippen LogP contribution is -2.40. The van der Waals surface area contributed by atoms with Gasteiger partial charge in [-0.15, -0.1) is 0 Å². The summed E-state index contributed by atoms with van der Waals surface area (Å²) >= 11 is 0. The van der Waals surface area contributed by atoms with Crippen molar-refractivity contribution in [3.63, 3.8) is 0 Å². The second-order valence-electron chi connectivity index (χ2n) is 11.5. The van der Waals surface area contributed by atoms with Crippen molar-refractivity contribution in [2.75, 3.05) is 6.61 Å². The molecule has 0 aliphatic heterocycles. The molecule has 1 aromatic carbocycles. The van der Waals surface area contributed by atoms with Crippen LogP contribution in [0, 0.1) is 0 Å². The number of nitrogens with zero attached hydrogens (tertiary/aromatic N) is 3. The van der Waals surface area contributed by atoms with Gasteiger partial charge < -0.3 is 18.4 Å². The molecule has 0 saturated carbocycles. The van der Waals surface area contributed by atoms with Crippen molar-refractivity contribution in [3.8, 4) is 5.75 Å². The van der Waals surface area contributed by atoms with E-state index in [0.29, 0.717) is 23.9 Å². The molecular weight excluding hydrogens is 462 g/mol.